The number of rotatable bonds is 4. The molecule has 88 valence electrons. The molecular weight excluding hydrogens is 208 g/mol. The summed E-state index contributed by atoms with van der Waals surface area (Å²) in [6.45, 7) is 5.16. The summed E-state index contributed by atoms with van der Waals surface area (Å²) in [6.07, 6.45) is 3.76. The first-order valence-electron chi connectivity index (χ1n) is 5.95. The predicted octanol–water partition coefficient (Wildman–Crippen LogP) is 3.24. The van der Waals surface area contributed by atoms with Crippen molar-refractivity contribution in [3.05, 3.63) is 65.5 Å². The minimum atomic E-state index is 0.357. The molecule has 0 aliphatic heterocycles. The number of nitrogens with one attached hydrogen (secondary N) is 1. The van der Waals surface area contributed by atoms with E-state index in [1.54, 1.807) is 0 Å². The first-order chi connectivity index (χ1) is 8.27. The van der Waals surface area contributed by atoms with Crippen molar-refractivity contribution in [1.29, 1.82) is 0 Å². The molecule has 2 nitrogen and oxygen atoms in total. The quantitative estimate of drug-likeness (QED) is 0.865. The van der Waals surface area contributed by atoms with Gasteiger partial charge in [-0.15, -0.1) is 0 Å². The largest absolute Gasteiger partial charge is 0.306 e. The lowest BCUT2D eigenvalue weighted by molar-refractivity contribution is 0.572. The minimum Gasteiger partial charge on any atom is -0.306 e. The zero-order valence-electron chi connectivity index (χ0n) is 10.4. The van der Waals surface area contributed by atoms with Crippen molar-refractivity contribution in [2.75, 3.05) is 0 Å². The average Bonchev–Trinajstić information content (AvgIpc) is 2.38. The van der Waals surface area contributed by atoms with Crippen LogP contribution in [0.5, 0.6) is 0 Å². The van der Waals surface area contributed by atoms with E-state index < -0.39 is 0 Å². The number of benzene rings is 1. The fourth-order valence-electron chi connectivity index (χ4n) is 1.80. The molecule has 0 amide bonds. The molecule has 0 aliphatic rings. The Morgan fingerprint density at radius 1 is 1.18 bits per heavy atom. The number of hydrogen-bond acceptors (Lipinski definition) is 2. The Morgan fingerprint density at radius 3 is 2.65 bits per heavy atom. The van der Waals surface area contributed by atoms with Crippen molar-refractivity contribution >= 4 is 0 Å². The molecule has 17 heavy (non-hydrogen) atoms. The fraction of sp³-hybridized carbons (Fsp3) is 0.267. The predicted molar refractivity (Wildman–Crippen MR) is 70.7 cm³/mol. The van der Waals surface area contributed by atoms with E-state index in [2.05, 4.69) is 48.4 Å². The van der Waals surface area contributed by atoms with Crippen LogP contribution in [0.15, 0.2) is 48.8 Å². The standard InChI is InChI=1S/C15H18N2/c1-12-8-9-16-10-15(12)11-17-13(2)14-6-4-3-5-7-14/h3-10,13,17H,11H2,1-2H3/t13-/m0/s1. The van der Waals surface area contributed by atoms with Gasteiger partial charge >= 0.3 is 0 Å². The highest BCUT2D eigenvalue weighted by atomic mass is 14.9. The van der Waals surface area contributed by atoms with E-state index in [0.717, 1.165) is 6.54 Å². The summed E-state index contributed by atoms with van der Waals surface area (Å²) in [5, 5.41) is 3.52. The lowest BCUT2D eigenvalue weighted by Crippen LogP contribution is -2.18. The van der Waals surface area contributed by atoms with Gasteiger partial charge in [-0.25, -0.2) is 0 Å². The number of nitrogens with zero attached hydrogens (tertiary/aromatic N) is 1. The Hall–Kier alpha value is -1.67. The third kappa shape index (κ3) is 3.14. The summed E-state index contributed by atoms with van der Waals surface area (Å²) in [5.74, 6) is 0. The molecule has 2 rings (SSSR count). The number of pyridine rings is 1. The van der Waals surface area contributed by atoms with Gasteiger partial charge in [-0.05, 0) is 36.6 Å². The molecule has 1 N–H and O–H groups in total. The van der Waals surface area contributed by atoms with Crippen LogP contribution in [-0.4, -0.2) is 4.98 Å². The van der Waals surface area contributed by atoms with Crippen LogP contribution >= 0.6 is 0 Å². The summed E-state index contributed by atoms with van der Waals surface area (Å²) in [4.78, 5) is 4.16. The Labute approximate surface area is 103 Å². The molecule has 0 aliphatic carbocycles. The van der Waals surface area contributed by atoms with Crippen LogP contribution in [0.1, 0.15) is 29.7 Å². The number of aromatic nitrogens is 1. The molecule has 0 saturated carbocycles. The molecular formula is C15H18N2. The Morgan fingerprint density at radius 2 is 1.94 bits per heavy atom. The van der Waals surface area contributed by atoms with Gasteiger partial charge in [0.1, 0.15) is 0 Å². The van der Waals surface area contributed by atoms with Crippen LogP contribution in [0.4, 0.5) is 0 Å². The number of hydrogen-bond donors (Lipinski definition) is 1. The molecule has 1 aromatic heterocycles. The number of aryl methyl sites for hydroxylation is 1. The van der Waals surface area contributed by atoms with Gasteiger partial charge in [-0.1, -0.05) is 30.3 Å². The highest BCUT2D eigenvalue weighted by Gasteiger charge is 2.04. The molecule has 0 radical (unpaired) electrons. The maximum Gasteiger partial charge on any atom is 0.0315 e. The van der Waals surface area contributed by atoms with Crippen molar-refractivity contribution < 1.29 is 0 Å². The zero-order chi connectivity index (χ0) is 12.1. The second-order valence-corrected chi connectivity index (χ2v) is 4.32. The van der Waals surface area contributed by atoms with E-state index >= 15 is 0 Å². The summed E-state index contributed by atoms with van der Waals surface area (Å²) in [6, 6.07) is 12.9. The fourth-order valence-corrected chi connectivity index (χ4v) is 1.80. The highest BCUT2D eigenvalue weighted by molar-refractivity contribution is 5.22. The molecule has 0 bridgehead atoms. The first kappa shape index (κ1) is 11.8. The van der Waals surface area contributed by atoms with Crippen LogP contribution in [0.3, 0.4) is 0 Å². The Bertz CT molecular complexity index is 465. The smallest absolute Gasteiger partial charge is 0.0315 e. The van der Waals surface area contributed by atoms with Gasteiger partial charge in [0.2, 0.25) is 0 Å². The van der Waals surface area contributed by atoms with E-state index in [0.29, 0.717) is 6.04 Å². The van der Waals surface area contributed by atoms with E-state index in [4.69, 9.17) is 0 Å². The van der Waals surface area contributed by atoms with E-state index in [1.807, 2.05) is 24.5 Å². The van der Waals surface area contributed by atoms with Crippen molar-refractivity contribution in [3.63, 3.8) is 0 Å². The van der Waals surface area contributed by atoms with E-state index in [-0.39, 0.29) is 0 Å². The van der Waals surface area contributed by atoms with E-state index in [1.165, 1.54) is 16.7 Å². The molecule has 0 spiro atoms. The average molecular weight is 226 g/mol. The molecule has 0 saturated heterocycles. The molecule has 2 heteroatoms. The van der Waals surface area contributed by atoms with Gasteiger partial charge in [0.15, 0.2) is 0 Å². The molecule has 1 aromatic carbocycles. The summed E-state index contributed by atoms with van der Waals surface area (Å²) < 4.78 is 0. The lowest BCUT2D eigenvalue weighted by Gasteiger charge is -2.15. The molecule has 2 aromatic rings. The van der Waals surface area contributed by atoms with Crippen molar-refractivity contribution in [3.8, 4) is 0 Å². The maximum atomic E-state index is 4.16. The van der Waals surface area contributed by atoms with Crippen molar-refractivity contribution in [2.24, 2.45) is 0 Å². The topological polar surface area (TPSA) is 24.9 Å². The third-order valence-corrected chi connectivity index (χ3v) is 3.05. The van der Waals surface area contributed by atoms with Gasteiger partial charge in [0.25, 0.3) is 0 Å². The van der Waals surface area contributed by atoms with Crippen LogP contribution in [0, 0.1) is 6.92 Å². The van der Waals surface area contributed by atoms with Crippen LogP contribution in [-0.2, 0) is 6.54 Å². The molecule has 0 fully saturated rings. The monoisotopic (exact) mass is 226 g/mol. The summed E-state index contributed by atoms with van der Waals surface area (Å²) >= 11 is 0. The SMILES string of the molecule is Cc1ccncc1CN[C@@H](C)c1ccccc1. The first-order valence-corrected chi connectivity index (χ1v) is 5.95. The van der Waals surface area contributed by atoms with Gasteiger partial charge in [0.05, 0.1) is 0 Å². The minimum absolute atomic E-state index is 0.357. The second-order valence-electron chi connectivity index (χ2n) is 4.32. The van der Waals surface area contributed by atoms with Crippen molar-refractivity contribution in [1.82, 2.24) is 10.3 Å². The summed E-state index contributed by atoms with van der Waals surface area (Å²) in [5.41, 5.74) is 3.86. The molecule has 1 heterocycles. The van der Waals surface area contributed by atoms with Gasteiger partial charge in [0, 0.05) is 25.0 Å². The highest BCUT2D eigenvalue weighted by Crippen LogP contribution is 2.13. The molecule has 1 atom stereocenters. The van der Waals surface area contributed by atoms with Crippen molar-refractivity contribution in [2.45, 2.75) is 26.4 Å². The molecule has 0 unspecified atom stereocenters. The Kier molecular flexibility index (Phi) is 3.89. The van der Waals surface area contributed by atoms with Gasteiger partial charge < -0.3 is 5.32 Å². The van der Waals surface area contributed by atoms with E-state index in [9.17, 15) is 0 Å². The van der Waals surface area contributed by atoms with Crippen LogP contribution < -0.4 is 5.32 Å². The van der Waals surface area contributed by atoms with Gasteiger partial charge in [-0.3, -0.25) is 4.98 Å². The lowest BCUT2D eigenvalue weighted by atomic mass is 10.1. The maximum absolute atomic E-state index is 4.16. The zero-order valence-corrected chi connectivity index (χ0v) is 10.4. The van der Waals surface area contributed by atoms with Crippen LogP contribution in [0.2, 0.25) is 0 Å². The second kappa shape index (κ2) is 5.60. The van der Waals surface area contributed by atoms with Crippen LogP contribution in [0.25, 0.3) is 0 Å². The summed E-state index contributed by atoms with van der Waals surface area (Å²) in [7, 11) is 0. The Balaban J connectivity index is 1.97. The normalized spacial score (nSPS) is 12.4. The third-order valence-electron chi connectivity index (χ3n) is 3.05. The van der Waals surface area contributed by atoms with Gasteiger partial charge in [-0.2, -0.15) is 0 Å².